The molecule has 0 spiro atoms. The molecule has 1 aromatic heterocycles. The molecular weight excluding hydrogens is 533 g/mol. The van der Waals surface area contributed by atoms with E-state index in [-0.39, 0.29) is 29.7 Å². The molecule has 212 valence electrons. The summed E-state index contributed by atoms with van der Waals surface area (Å²) >= 11 is 0. The number of carbonyl (C=O) groups is 3. The van der Waals surface area contributed by atoms with E-state index in [4.69, 9.17) is 18.9 Å². The summed E-state index contributed by atoms with van der Waals surface area (Å²) in [7, 11) is 4.45. The molecule has 0 saturated carbocycles. The Morgan fingerprint density at radius 3 is 2.29 bits per heavy atom. The van der Waals surface area contributed by atoms with Gasteiger partial charge in [0.1, 0.15) is 5.82 Å². The van der Waals surface area contributed by atoms with Gasteiger partial charge in [0, 0.05) is 16.6 Å². The number of methoxy groups -OCH3 is 3. The monoisotopic (exact) mass is 561 g/mol. The number of rotatable bonds is 10. The van der Waals surface area contributed by atoms with Crippen molar-refractivity contribution in [1.82, 2.24) is 10.3 Å². The molecule has 41 heavy (non-hydrogen) atoms. The molecule has 3 aromatic carbocycles. The molecule has 0 bridgehead atoms. The van der Waals surface area contributed by atoms with Gasteiger partial charge >= 0.3 is 5.97 Å². The normalized spacial score (nSPS) is 10.6. The van der Waals surface area contributed by atoms with Crippen LogP contribution in [0, 0.1) is 5.82 Å². The number of hydrogen-bond acceptors (Lipinski definition) is 8. The van der Waals surface area contributed by atoms with Crippen molar-refractivity contribution in [3.8, 4) is 28.5 Å². The lowest BCUT2D eigenvalue weighted by molar-refractivity contribution is -0.115. The maximum absolute atomic E-state index is 14.2. The molecule has 0 aliphatic carbocycles. The SMILES string of the molecule is CCOC(=O)c1cccc(NC(=O)CNC(=O)c2cc(-c3cc(OC)c(OC)c(OC)c3)nc3ccc(F)cc23)c1. The maximum Gasteiger partial charge on any atom is 0.338 e. The van der Waals surface area contributed by atoms with Gasteiger partial charge in [-0.25, -0.2) is 14.2 Å². The molecule has 0 fully saturated rings. The molecule has 4 aromatic rings. The van der Waals surface area contributed by atoms with Gasteiger partial charge in [-0.3, -0.25) is 9.59 Å². The van der Waals surface area contributed by atoms with Crippen LogP contribution in [0.1, 0.15) is 27.6 Å². The number of benzene rings is 3. The fraction of sp³-hybridized carbons (Fsp3) is 0.200. The highest BCUT2D eigenvalue weighted by atomic mass is 19.1. The summed E-state index contributed by atoms with van der Waals surface area (Å²) in [5.74, 6) is -1.06. The third-order valence-electron chi connectivity index (χ3n) is 6.04. The van der Waals surface area contributed by atoms with E-state index in [9.17, 15) is 18.8 Å². The zero-order chi connectivity index (χ0) is 29.5. The maximum atomic E-state index is 14.2. The number of ether oxygens (including phenoxy) is 4. The van der Waals surface area contributed by atoms with Gasteiger partial charge in [-0.05, 0) is 61.5 Å². The van der Waals surface area contributed by atoms with Gasteiger partial charge in [-0.2, -0.15) is 0 Å². The Morgan fingerprint density at radius 1 is 0.902 bits per heavy atom. The number of hydrogen-bond donors (Lipinski definition) is 2. The van der Waals surface area contributed by atoms with Crippen molar-refractivity contribution < 1.29 is 37.7 Å². The topological polar surface area (TPSA) is 125 Å². The molecule has 2 amide bonds. The molecular formula is C30H28FN3O7. The van der Waals surface area contributed by atoms with Crippen LogP contribution in [0.3, 0.4) is 0 Å². The zero-order valence-corrected chi connectivity index (χ0v) is 22.9. The Hall–Kier alpha value is -5.19. The summed E-state index contributed by atoms with van der Waals surface area (Å²) in [6.45, 7) is 1.53. The fourth-order valence-corrected chi connectivity index (χ4v) is 4.16. The minimum atomic E-state index is -0.618. The predicted octanol–water partition coefficient (Wildman–Crippen LogP) is 4.61. The number of halogens is 1. The zero-order valence-electron chi connectivity index (χ0n) is 22.9. The van der Waals surface area contributed by atoms with Gasteiger partial charge in [0.15, 0.2) is 11.5 Å². The van der Waals surface area contributed by atoms with E-state index in [1.54, 1.807) is 37.3 Å². The van der Waals surface area contributed by atoms with Gasteiger partial charge in [-0.1, -0.05) is 6.07 Å². The number of carbonyl (C=O) groups excluding carboxylic acids is 3. The van der Waals surface area contributed by atoms with Crippen molar-refractivity contribution in [3.63, 3.8) is 0 Å². The van der Waals surface area contributed by atoms with E-state index >= 15 is 0 Å². The van der Waals surface area contributed by atoms with Gasteiger partial charge < -0.3 is 29.6 Å². The summed E-state index contributed by atoms with van der Waals surface area (Å²) in [4.78, 5) is 42.5. The number of fused-ring (bicyclic) bond motifs is 1. The first-order chi connectivity index (χ1) is 19.8. The Balaban J connectivity index is 1.61. The van der Waals surface area contributed by atoms with E-state index < -0.39 is 23.6 Å². The largest absolute Gasteiger partial charge is 0.493 e. The minimum absolute atomic E-state index is 0.107. The Labute approximate surface area is 235 Å². The van der Waals surface area contributed by atoms with Gasteiger partial charge in [-0.15, -0.1) is 0 Å². The first-order valence-corrected chi connectivity index (χ1v) is 12.5. The predicted molar refractivity (Wildman–Crippen MR) is 150 cm³/mol. The van der Waals surface area contributed by atoms with E-state index in [1.807, 2.05) is 0 Å². The van der Waals surface area contributed by atoms with E-state index in [0.717, 1.165) is 0 Å². The lowest BCUT2D eigenvalue weighted by Crippen LogP contribution is -2.33. The molecule has 10 nitrogen and oxygen atoms in total. The standard InChI is InChI=1S/C30H28FN3O7/c1-5-41-30(37)17-7-6-8-20(11-17)33-27(35)16-32-29(36)22-15-24(34-23-10-9-19(31)14-21(22)23)18-12-25(38-2)28(40-4)26(13-18)39-3/h6-15H,5,16H2,1-4H3,(H,32,36)(H,33,35). The number of pyridine rings is 1. The van der Waals surface area contributed by atoms with Crippen molar-refractivity contribution in [2.24, 2.45) is 0 Å². The second kappa shape index (κ2) is 12.8. The first kappa shape index (κ1) is 28.8. The van der Waals surface area contributed by atoms with E-state index in [1.165, 1.54) is 51.7 Å². The van der Waals surface area contributed by atoms with Crippen LogP contribution in [0.2, 0.25) is 0 Å². The molecule has 0 radical (unpaired) electrons. The summed E-state index contributed by atoms with van der Waals surface area (Å²) < 4.78 is 35.4. The molecule has 2 N–H and O–H groups in total. The number of anilines is 1. The third-order valence-corrected chi connectivity index (χ3v) is 6.04. The number of nitrogens with one attached hydrogen (secondary N) is 2. The molecule has 0 aliphatic heterocycles. The van der Waals surface area contributed by atoms with E-state index in [2.05, 4.69) is 15.6 Å². The van der Waals surface area contributed by atoms with Gasteiger partial charge in [0.05, 0.1) is 56.8 Å². The summed E-state index contributed by atoms with van der Waals surface area (Å²) in [5.41, 5.74) is 2.04. The number of aromatic nitrogens is 1. The number of nitrogens with zero attached hydrogens (tertiary/aromatic N) is 1. The van der Waals surface area contributed by atoms with Crippen molar-refractivity contribution >= 4 is 34.4 Å². The smallest absolute Gasteiger partial charge is 0.338 e. The summed E-state index contributed by atoms with van der Waals surface area (Å²) in [6, 6.07) is 15.0. The lowest BCUT2D eigenvalue weighted by Gasteiger charge is -2.15. The highest BCUT2D eigenvalue weighted by Crippen LogP contribution is 2.41. The quantitative estimate of drug-likeness (QED) is 0.269. The molecule has 4 rings (SSSR count). The molecule has 0 aliphatic rings. The highest BCUT2D eigenvalue weighted by Gasteiger charge is 2.19. The van der Waals surface area contributed by atoms with Crippen LogP contribution in [0.5, 0.6) is 17.2 Å². The molecule has 1 heterocycles. The van der Waals surface area contributed by atoms with Crippen LogP contribution in [-0.2, 0) is 9.53 Å². The van der Waals surface area contributed by atoms with Crippen LogP contribution in [-0.4, -0.2) is 57.2 Å². The highest BCUT2D eigenvalue weighted by molar-refractivity contribution is 6.08. The second-order valence-corrected chi connectivity index (χ2v) is 8.66. The average molecular weight is 562 g/mol. The van der Waals surface area contributed by atoms with Crippen LogP contribution in [0.4, 0.5) is 10.1 Å². The van der Waals surface area contributed by atoms with Crippen LogP contribution in [0.15, 0.2) is 60.7 Å². The summed E-state index contributed by atoms with van der Waals surface area (Å²) in [6.07, 6.45) is 0. The lowest BCUT2D eigenvalue weighted by atomic mass is 10.0. The van der Waals surface area contributed by atoms with Crippen molar-refractivity contribution in [2.75, 3.05) is 39.8 Å². The molecule has 0 saturated heterocycles. The molecule has 0 atom stereocenters. The Kier molecular flexibility index (Phi) is 8.98. The van der Waals surface area contributed by atoms with Crippen molar-refractivity contribution in [2.45, 2.75) is 6.92 Å². The van der Waals surface area contributed by atoms with Crippen LogP contribution >= 0.6 is 0 Å². The molecule has 11 heteroatoms. The van der Waals surface area contributed by atoms with Gasteiger partial charge in [0.25, 0.3) is 5.91 Å². The van der Waals surface area contributed by atoms with Crippen LogP contribution in [0.25, 0.3) is 22.2 Å². The number of esters is 1. The number of amides is 2. The molecule has 0 unspecified atom stereocenters. The van der Waals surface area contributed by atoms with E-state index in [0.29, 0.717) is 39.7 Å². The van der Waals surface area contributed by atoms with Gasteiger partial charge in [0.2, 0.25) is 11.7 Å². The second-order valence-electron chi connectivity index (χ2n) is 8.66. The Morgan fingerprint density at radius 2 is 1.63 bits per heavy atom. The van der Waals surface area contributed by atoms with Crippen molar-refractivity contribution in [3.05, 3.63) is 77.6 Å². The first-order valence-electron chi connectivity index (χ1n) is 12.5. The summed E-state index contributed by atoms with van der Waals surface area (Å²) in [5, 5.41) is 5.47. The van der Waals surface area contributed by atoms with Crippen molar-refractivity contribution in [1.29, 1.82) is 0 Å². The van der Waals surface area contributed by atoms with Crippen LogP contribution < -0.4 is 24.8 Å². The minimum Gasteiger partial charge on any atom is -0.493 e. The Bertz CT molecular complexity index is 1600. The third kappa shape index (κ3) is 6.52. The fourth-order valence-electron chi connectivity index (χ4n) is 4.16. The average Bonchev–Trinajstić information content (AvgIpc) is 2.98.